The Bertz CT molecular complexity index is 407. The standard InChI is InChI=1S/C16H26N2O2/c1-13(14-9-6-7-10-15(14)20-2)18-16(19)11-5-3-4-8-12-17/h6-7,9-10,13H,3-5,8,11-12,17H2,1-2H3,(H,18,19)/t13-/m1/s1. The maximum atomic E-state index is 11.9. The number of para-hydroxylation sites is 1. The fourth-order valence-electron chi connectivity index (χ4n) is 2.20. The molecule has 0 saturated heterocycles. The van der Waals surface area contributed by atoms with E-state index in [1.165, 1.54) is 0 Å². The zero-order valence-electron chi connectivity index (χ0n) is 12.5. The number of hydrogen-bond donors (Lipinski definition) is 2. The molecule has 0 fully saturated rings. The van der Waals surface area contributed by atoms with Crippen molar-refractivity contribution in [2.75, 3.05) is 13.7 Å². The average Bonchev–Trinajstić information content (AvgIpc) is 2.46. The number of methoxy groups -OCH3 is 1. The van der Waals surface area contributed by atoms with Crippen LogP contribution in [0, 0.1) is 0 Å². The third-order valence-corrected chi connectivity index (χ3v) is 3.34. The van der Waals surface area contributed by atoms with Gasteiger partial charge in [0.25, 0.3) is 0 Å². The molecule has 0 radical (unpaired) electrons. The highest BCUT2D eigenvalue weighted by Gasteiger charge is 2.13. The number of nitrogens with two attached hydrogens (primary N) is 1. The zero-order valence-corrected chi connectivity index (χ0v) is 12.5. The summed E-state index contributed by atoms with van der Waals surface area (Å²) in [5, 5.41) is 3.02. The number of rotatable bonds is 9. The lowest BCUT2D eigenvalue weighted by Crippen LogP contribution is -2.26. The van der Waals surface area contributed by atoms with Gasteiger partial charge in [0.2, 0.25) is 5.91 Å². The molecule has 4 heteroatoms. The Kier molecular flexibility index (Phi) is 7.73. The molecule has 3 N–H and O–H groups in total. The van der Waals surface area contributed by atoms with E-state index in [0.717, 1.165) is 43.5 Å². The summed E-state index contributed by atoms with van der Waals surface area (Å²) in [4.78, 5) is 11.9. The van der Waals surface area contributed by atoms with Crippen LogP contribution < -0.4 is 15.8 Å². The number of hydrogen-bond acceptors (Lipinski definition) is 3. The van der Waals surface area contributed by atoms with Gasteiger partial charge in [0.1, 0.15) is 5.75 Å². The lowest BCUT2D eigenvalue weighted by Gasteiger charge is -2.17. The molecule has 0 aliphatic heterocycles. The van der Waals surface area contributed by atoms with Gasteiger partial charge in [-0.1, -0.05) is 31.0 Å². The molecule has 1 amide bonds. The van der Waals surface area contributed by atoms with Crippen molar-refractivity contribution in [3.8, 4) is 5.75 Å². The summed E-state index contributed by atoms with van der Waals surface area (Å²) in [6.45, 7) is 2.71. The first kappa shape index (κ1) is 16.5. The first-order chi connectivity index (χ1) is 9.69. The van der Waals surface area contributed by atoms with Crippen molar-refractivity contribution in [1.29, 1.82) is 0 Å². The van der Waals surface area contributed by atoms with Gasteiger partial charge in [-0.3, -0.25) is 4.79 Å². The molecule has 1 aromatic carbocycles. The van der Waals surface area contributed by atoms with Gasteiger partial charge < -0.3 is 15.8 Å². The Morgan fingerprint density at radius 2 is 1.95 bits per heavy atom. The highest BCUT2D eigenvalue weighted by Crippen LogP contribution is 2.24. The van der Waals surface area contributed by atoms with Crippen LogP contribution in [0.1, 0.15) is 50.6 Å². The van der Waals surface area contributed by atoms with Crippen LogP contribution in [-0.4, -0.2) is 19.6 Å². The number of benzene rings is 1. The number of unbranched alkanes of at least 4 members (excludes halogenated alkanes) is 3. The van der Waals surface area contributed by atoms with E-state index in [1.54, 1.807) is 7.11 Å². The summed E-state index contributed by atoms with van der Waals surface area (Å²) in [6.07, 6.45) is 4.70. The van der Waals surface area contributed by atoms with E-state index in [2.05, 4.69) is 5.32 Å². The molecule has 0 aliphatic rings. The number of amides is 1. The maximum absolute atomic E-state index is 11.9. The maximum Gasteiger partial charge on any atom is 0.220 e. The number of carbonyl (C=O) groups excluding carboxylic acids is 1. The number of nitrogens with one attached hydrogen (secondary N) is 1. The van der Waals surface area contributed by atoms with Crippen LogP contribution in [0.25, 0.3) is 0 Å². The van der Waals surface area contributed by atoms with Gasteiger partial charge in [0, 0.05) is 12.0 Å². The fraction of sp³-hybridized carbons (Fsp3) is 0.562. The summed E-state index contributed by atoms with van der Waals surface area (Å²) in [5.41, 5.74) is 6.44. The molecule has 0 spiro atoms. The quantitative estimate of drug-likeness (QED) is 0.683. The largest absolute Gasteiger partial charge is 0.496 e. The van der Waals surface area contributed by atoms with Crippen LogP contribution in [0.5, 0.6) is 5.75 Å². The fourth-order valence-corrected chi connectivity index (χ4v) is 2.20. The summed E-state index contributed by atoms with van der Waals surface area (Å²) in [7, 11) is 1.64. The first-order valence-corrected chi connectivity index (χ1v) is 7.31. The molecule has 0 bridgehead atoms. The Morgan fingerprint density at radius 1 is 1.25 bits per heavy atom. The van der Waals surface area contributed by atoms with Crippen molar-refractivity contribution in [3.63, 3.8) is 0 Å². The van der Waals surface area contributed by atoms with Gasteiger partial charge in [-0.25, -0.2) is 0 Å². The minimum absolute atomic E-state index is 0.0392. The van der Waals surface area contributed by atoms with Crippen molar-refractivity contribution < 1.29 is 9.53 Å². The smallest absolute Gasteiger partial charge is 0.220 e. The Morgan fingerprint density at radius 3 is 2.65 bits per heavy atom. The van der Waals surface area contributed by atoms with Crippen molar-refractivity contribution >= 4 is 5.91 Å². The lowest BCUT2D eigenvalue weighted by atomic mass is 10.1. The van der Waals surface area contributed by atoms with Crippen molar-refractivity contribution in [3.05, 3.63) is 29.8 Å². The Hall–Kier alpha value is -1.55. The van der Waals surface area contributed by atoms with E-state index in [4.69, 9.17) is 10.5 Å². The topological polar surface area (TPSA) is 64.3 Å². The van der Waals surface area contributed by atoms with Crippen molar-refractivity contribution in [2.24, 2.45) is 5.73 Å². The lowest BCUT2D eigenvalue weighted by molar-refractivity contribution is -0.121. The SMILES string of the molecule is COc1ccccc1[C@@H](C)NC(=O)CCCCCCN. The van der Waals surface area contributed by atoms with Gasteiger partial charge in [-0.05, 0) is 32.4 Å². The van der Waals surface area contributed by atoms with Gasteiger partial charge in [-0.15, -0.1) is 0 Å². The zero-order chi connectivity index (χ0) is 14.8. The second-order valence-electron chi connectivity index (χ2n) is 4.98. The predicted molar refractivity (Wildman–Crippen MR) is 81.7 cm³/mol. The van der Waals surface area contributed by atoms with Gasteiger partial charge >= 0.3 is 0 Å². The Labute approximate surface area is 121 Å². The third kappa shape index (κ3) is 5.61. The summed E-state index contributed by atoms with van der Waals surface area (Å²) >= 11 is 0. The van der Waals surface area contributed by atoms with Crippen LogP contribution in [0.15, 0.2) is 24.3 Å². The number of carbonyl (C=O) groups is 1. The van der Waals surface area contributed by atoms with Crippen molar-refractivity contribution in [1.82, 2.24) is 5.32 Å². The first-order valence-electron chi connectivity index (χ1n) is 7.31. The molecule has 4 nitrogen and oxygen atoms in total. The third-order valence-electron chi connectivity index (χ3n) is 3.34. The molecule has 1 rings (SSSR count). The molecule has 0 saturated carbocycles. The van der Waals surface area contributed by atoms with Crippen LogP contribution in [-0.2, 0) is 4.79 Å². The summed E-state index contributed by atoms with van der Waals surface area (Å²) in [6, 6.07) is 7.72. The summed E-state index contributed by atoms with van der Waals surface area (Å²) in [5.74, 6) is 0.902. The second-order valence-corrected chi connectivity index (χ2v) is 4.98. The molecule has 112 valence electrons. The summed E-state index contributed by atoms with van der Waals surface area (Å²) < 4.78 is 5.31. The molecular formula is C16H26N2O2. The average molecular weight is 278 g/mol. The van der Waals surface area contributed by atoms with Crippen LogP contribution in [0.4, 0.5) is 0 Å². The van der Waals surface area contributed by atoms with E-state index in [-0.39, 0.29) is 11.9 Å². The minimum Gasteiger partial charge on any atom is -0.496 e. The van der Waals surface area contributed by atoms with Crippen LogP contribution in [0.3, 0.4) is 0 Å². The van der Waals surface area contributed by atoms with Crippen LogP contribution >= 0.6 is 0 Å². The molecule has 0 heterocycles. The van der Waals surface area contributed by atoms with Gasteiger partial charge in [0.15, 0.2) is 0 Å². The second kappa shape index (κ2) is 9.37. The van der Waals surface area contributed by atoms with E-state index in [9.17, 15) is 4.79 Å². The molecule has 0 aromatic heterocycles. The molecular weight excluding hydrogens is 252 g/mol. The minimum atomic E-state index is -0.0392. The molecule has 0 unspecified atom stereocenters. The van der Waals surface area contributed by atoms with E-state index < -0.39 is 0 Å². The molecule has 20 heavy (non-hydrogen) atoms. The normalized spacial score (nSPS) is 11.9. The molecule has 1 atom stereocenters. The van der Waals surface area contributed by atoms with Gasteiger partial charge in [0.05, 0.1) is 13.2 Å². The molecule has 1 aromatic rings. The predicted octanol–water partition coefficient (Wildman–Crippen LogP) is 2.78. The van der Waals surface area contributed by atoms with E-state index in [1.807, 2.05) is 31.2 Å². The monoisotopic (exact) mass is 278 g/mol. The Balaban J connectivity index is 2.37. The van der Waals surface area contributed by atoms with E-state index in [0.29, 0.717) is 6.42 Å². The number of ether oxygens (including phenoxy) is 1. The van der Waals surface area contributed by atoms with Crippen molar-refractivity contribution in [2.45, 2.75) is 45.1 Å². The highest BCUT2D eigenvalue weighted by atomic mass is 16.5. The van der Waals surface area contributed by atoms with Gasteiger partial charge in [-0.2, -0.15) is 0 Å². The van der Waals surface area contributed by atoms with Crippen LogP contribution in [0.2, 0.25) is 0 Å². The highest BCUT2D eigenvalue weighted by molar-refractivity contribution is 5.76. The molecule has 0 aliphatic carbocycles. The van der Waals surface area contributed by atoms with E-state index >= 15 is 0 Å².